The summed E-state index contributed by atoms with van der Waals surface area (Å²) in [6.45, 7) is 9.92. The molecule has 1 aliphatic carbocycles. The standard InChI is InChI=1S/C16H25NO/c1-10-7-11(2)14(15(18-6)13(10)4)16(9-17-5)8-12(16)3/h7,12,17H,8-9H2,1-6H3. The average Bonchev–Trinajstić information content (AvgIpc) is 2.95. The molecule has 2 atom stereocenters. The Morgan fingerprint density at radius 3 is 2.39 bits per heavy atom. The molecule has 0 heterocycles. The van der Waals surface area contributed by atoms with Crippen LogP contribution in [-0.2, 0) is 5.41 Å². The number of aryl methyl sites for hydroxylation is 2. The lowest BCUT2D eigenvalue weighted by Crippen LogP contribution is -2.27. The molecule has 18 heavy (non-hydrogen) atoms. The Kier molecular flexibility index (Phi) is 3.41. The van der Waals surface area contributed by atoms with Crippen molar-refractivity contribution in [3.63, 3.8) is 0 Å². The second-order valence-corrected chi connectivity index (χ2v) is 5.84. The van der Waals surface area contributed by atoms with Gasteiger partial charge < -0.3 is 10.1 Å². The molecule has 0 bridgehead atoms. The normalized spacial score (nSPS) is 26.2. The maximum Gasteiger partial charge on any atom is 0.126 e. The van der Waals surface area contributed by atoms with Gasteiger partial charge in [-0.2, -0.15) is 0 Å². The van der Waals surface area contributed by atoms with Crippen LogP contribution in [0.5, 0.6) is 5.75 Å². The predicted octanol–water partition coefficient (Wildman–Crippen LogP) is 3.12. The second-order valence-electron chi connectivity index (χ2n) is 5.84. The smallest absolute Gasteiger partial charge is 0.126 e. The van der Waals surface area contributed by atoms with Crippen LogP contribution in [0.2, 0.25) is 0 Å². The van der Waals surface area contributed by atoms with Crippen LogP contribution in [0.4, 0.5) is 0 Å². The van der Waals surface area contributed by atoms with E-state index in [1.54, 1.807) is 7.11 Å². The summed E-state index contributed by atoms with van der Waals surface area (Å²) in [5, 5.41) is 3.36. The van der Waals surface area contributed by atoms with Crippen LogP contribution in [0.1, 0.15) is 35.6 Å². The van der Waals surface area contributed by atoms with Crippen LogP contribution < -0.4 is 10.1 Å². The van der Waals surface area contributed by atoms with Crippen LogP contribution in [0.25, 0.3) is 0 Å². The van der Waals surface area contributed by atoms with Gasteiger partial charge in [-0.1, -0.05) is 13.0 Å². The largest absolute Gasteiger partial charge is 0.496 e. The summed E-state index contributed by atoms with van der Waals surface area (Å²) in [7, 11) is 3.83. The Balaban J connectivity index is 2.60. The zero-order chi connectivity index (χ0) is 13.5. The van der Waals surface area contributed by atoms with Crippen molar-refractivity contribution < 1.29 is 4.74 Å². The van der Waals surface area contributed by atoms with E-state index in [4.69, 9.17) is 4.74 Å². The van der Waals surface area contributed by atoms with Gasteiger partial charge in [0, 0.05) is 17.5 Å². The third-order valence-electron chi connectivity index (χ3n) is 4.63. The minimum absolute atomic E-state index is 0.280. The van der Waals surface area contributed by atoms with Crippen LogP contribution in [0.15, 0.2) is 6.07 Å². The van der Waals surface area contributed by atoms with Crippen LogP contribution in [0, 0.1) is 26.7 Å². The molecular formula is C16H25NO. The van der Waals surface area contributed by atoms with Gasteiger partial charge in [0.05, 0.1) is 7.11 Å². The topological polar surface area (TPSA) is 21.3 Å². The number of likely N-dealkylation sites (N-methyl/N-ethyl adjacent to an activating group) is 1. The average molecular weight is 247 g/mol. The van der Waals surface area contributed by atoms with E-state index in [-0.39, 0.29) is 5.41 Å². The Morgan fingerprint density at radius 2 is 1.94 bits per heavy atom. The lowest BCUT2D eigenvalue weighted by Gasteiger charge is -2.25. The zero-order valence-corrected chi connectivity index (χ0v) is 12.5. The maximum atomic E-state index is 5.73. The van der Waals surface area contributed by atoms with E-state index in [0.717, 1.165) is 18.2 Å². The summed E-state index contributed by atoms with van der Waals surface area (Å²) in [4.78, 5) is 0. The van der Waals surface area contributed by atoms with Crippen LogP contribution in [0.3, 0.4) is 0 Å². The van der Waals surface area contributed by atoms with E-state index < -0.39 is 0 Å². The van der Waals surface area contributed by atoms with Crippen molar-refractivity contribution in [2.24, 2.45) is 5.92 Å². The van der Waals surface area contributed by atoms with Gasteiger partial charge >= 0.3 is 0 Å². The third-order valence-corrected chi connectivity index (χ3v) is 4.63. The first-order valence-electron chi connectivity index (χ1n) is 6.77. The van der Waals surface area contributed by atoms with Crippen molar-refractivity contribution in [3.05, 3.63) is 28.3 Å². The molecule has 0 spiro atoms. The molecule has 2 rings (SSSR count). The molecular weight excluding hydrogens is 222 g/mol. The van der Waals surface area contributed by atoms with Gasteiger partial charge in [-0.3, -0.25) is 0 Å². The van der Waals surface area contributed by atoms with Crippen molar-refractivity contribution in [2.75, 3.05) is 20.7 Å². The van der Waals surface area contributed by atoms with Gasteiger partial charge in [-0.05, 0) is 56.8 Å². The molecule has 1 fully saturated rings. The lowest BCUT2D eigenvalue weighted by molar-refractivity contribution is 0.396. The minimum atomic E-state index is 0.280. The number of rotatable bonds is 4. The van der Waals surface area contributed by atoms with Gasteiger partial charge in [-0.15, -0.1) is 0 Å². The molecule has 1 saturated carbocycles. The van der Waals surface area contributed by atoms with Crippen LogP contribution in [-0.4, -0.2) is 20.7 Å². The fourth-order valence-corrected chi connectivity index (χ4v) is 3.41. The molecule has 0 aliphatic heterocycles. The van der Waals surface area contributed by atoms with E-state index in [9.17, 15) is 0 Å². The molecule has 0 amide bonds. The van der Waals surface area contributed by atoms with Gasteiger partial charge in [0.2, 0.25) is 0 Å². The fraction of sp³-hybridized carbons (Fsp3) is 0.625. The summed E-state index contributed by atoms with van der Waals surface area (Å²) in [6, 6.07) is 2.30. The molecule has 1 aromatic rings. The first-order valence-corrected chi connectivity index (χ1v) is 6.77. The Labute approximate surface area is 111 Å². The summed E-state index contributed by atoms with van der Waals surface area (Å²) >= 11 is 0. The Bertz CT molecular complexity index is 467. The van der Waals surface area contributed by atoms with Gasteiger partial charge in [-0.25, -0.2) is 0 Å². The molecule has 1 N–H and O–H groups in total. The van der Waals surface area contributed by atoms with E-state index >= 15 is 0 Å². The molecule has 0 saturated heterocycles. The van der Waals surface area contributed by atoms with Crippen molar-refractivity contribution in [1.29, 1.82) is 0 Å². The highest BCUT2D eigenvalue weighted by Crippen LogP contribution is 2.57. The molecule has 1 aromatic carbocycles. The highest BCUT2D eigenvalue weighted by molar-refractivity contribution is 5.56. The number of nitrogens with one attached hydrogen (secondary N) is 1. The Hall–Kier alpha value is -1.02. The third kappa shape index (κ3) is 1.83. The van der Waals surface area contributed by atoms with Gasteiger partial charge in [0.1, 0.15) is 5.75 Å². The number of ether oxygens (including phenoxy) is 1. The first kappa shape index (κ1) is 13.4. The summed E-state index contributed by atoms with van der Waals surface area (Å²) in [5.41, 5.74) is 5.68. The molecule has 1 aliphatic rings. The summed E-state index contributed by atoms with van der Waals surface area (Å²) in [6.07, 6.45) is 1.26. The number of hydrogen-bond donors (Lipinski definition) is 1. The Morgan fingerprint density at radius 1 is 1.33 bits per heavy atom. The molecule has 100 valence electrons. The SMILES string of the molecule is CNCC1(c2c(C)cc(C)c(C)c2OC)CC1C. The highest BCUT2D eigenvalue weighted by Gasteiger charge is 2.54. The van der Waals surface area contributed by atoms with E-state index in [0.29, 0.717) is 0 Å². The monoisotopic (exact) mass is 247 g/mol. The van der Waals surface area contributed by atoms with Crippen molar-refractivity contribution >= 4 is 0 Å². The first-order chi connectivity index (χ1) is 8.47. The van der Waals surface area contributed by atoms with E-state index in [2.05, 4.69) is 39.1 Å². The molecule has 0 aromatic heterocycles. The van der Waals surface area contributed by atoms with E-state index in [1.807, 2.05) is 7.05 Å². The summed E-state index contributed by atoms with van der Waals surface area (Å²) in [5.74, 6) is 1.84. The quantitative estimate of drug-likeness (QED) is 0.882. The highest BCUT2D eigenvalue weighted by atomic mass is 16.5. The van der Waals surface area contributed by atoms with Crippen molar-refractivity contribution in [1.82, 2.24) is 5.32 Å². The number of benzene rings is 1. The molecule has 2 heteroatoms. The summed E-state index contributed by atoms with van der Waals surface area (Å²) < 4.78 is 5.73. The van der Waals surface area contributed by atoms with Crippen molar-refractivity contribution in [3.8, 4) is 5.75 Å². The zero-order valence-electron chi connectivity index (χ0n) is 12.5. The fourth-order valence-electron chi connectivity index (χ4n) is 3.41. The van der Waals surface area contributed by atoms with E-state index in [1.165, 1.54) is 28.7 Å². The predicted molar refractivity (Wildman–Crippen MR) is 76.6 cm³/mol. The second kappa shape index (κ2) is 4.58. The lowest BCUT2D eigenvalue weighted by atomic mass is 9.86. The van der Waals surface area contributed by atoms with Crippen LogP contribution >= 0.6 is 0 Å². The number of hydrogen-bond acceptors (Lipinski definition) is 2. The van der Waals surface area contributed by atoms with Crippen molar-refractivity contribution in [2.45, 2.75) is 39.5 Å². The maximum absolute atomic E-state index is 5.73. The molecule has 2 unspecified atom stereocenters. The van der Waals surface area contributed by atoms with Gasteiger partial charge in [0.15, 0.2) is 0 Å². The molecule has 0 radical (unpaired) electrons. The number of methoxy groups -OCH3 is 1. The molecule has 2 nitrogen and oxygen atoms in total. The van der Waals surface area contributed by atoms with Gasteiger partial charge in [0.25, 0.3) is 0 Å². The minimum Gasteiger partial charge on any atom is -0.496 e.